The predicted octanol–water partition coefficient (Wildman–Crippen LogP) is 1.52. The van der Waals surface area contributed by atoms with Gasteiger partial charge in [0.05, 0.1) is 17.8 Å². The minimum absolute atomic E-state index is 0.117. The van der Waals surface area contributed by atoms with Crippen LogP contribution in [-0.2, 0) is 4.74 Å². The number of ether oxygens (including phenoxy) is 1. The highest BCUT2D eigenvalue weighted by Crippen LogP contribution is 2.25. The molecule has 1 saturated carbocycles. The van der Waals surface area contributed by atoms with Gasteiger partial charge >= 0.3 is 0 Å². The molecule has 0 aromatic carbocycles. The SMILES string of the molecule is CC1CN(CC(C)(C#N)NC2CC2)CC(C)(C)O1. The summed E-state index contributed by atoms with van der Waals surface area (Å²) in [6, 6.07) is 3.00. The molecule has 18 heavy (non-hydrogen) atoms. The summed E-state index contributed by atoms with van der Waals surface area (Å²) in [4.78, 5) is 2.35. The van der Waals surface area contributed by atoms with Crippen LogP contribution in [0.2, 0.25) is 0 Å². The standard InChI is InChI=1S/C14H25N3O/c1-11-7-17(9-13(2,3)18-11)10-14(4,8-15)16-12-5-6-12/h11-12,16H,5-7,9-10H2,1-4H3. The van der Waals surface area contributed by atoms with Gasteiger partial charge in [0.2, 0.25) is 0 Å². The first-order valence-corrected chi connectivity index (χ1v) is 6.91. The third kappa shape index (κ3) is 3.68. The summed E-state index contributed by atoms with van der Waals surface area (Å²) in [5.74, 6) is 0. The van der Waals surface area contributed by atoms with Gasteiger partial charge in [0, 0.05) is 25.7 Å². The van der Waals surface area contributed by atoms with Gasteiger partial charge in [-0.2, -0.15) is 5.26 Å². The van der Waals surface area contributed by atoms with Crippen LogP contribution in [0.3, 0.4) is 0 Å². The van der Waals surface area contributed by atoms with Gasteiger partial charge in [-0.05, 0) is 40.5 Å². The van der Waals surface area contributed by atoms with Gasteiger partial charge in [0.15, 0.2) is 0 Å². The van der Waals surface area contributed by atoms with Crippen LogP contribution in [0.1, 0.15) is 40.5 Å². The summed E-state index contributed by atoms with van der Waals surface area (Å²) in [6.45, 7) is 10.9. The van der Waals surface area contributed by atoms with Crippen molar-refractivity contribution in [3.05, 3.63) is 0 Å². The maximum atomic E-state index is 9.42. The van der Waals surface area contributed by atoms with Gasteiger partial charge in [0.1, 0.15) is 5.54 Å². The Labute approximate surface area is 110 Å². The van der Waals surface area contributed by atoms with E-state index in [1.807, 2.05) is 6.92 Å². The summed E-state index contributed by atoms with van der Waals surface area (Å²) >= 11 is 0. The van der Waals surface area contributed by atoms with Crippen molar-refractivity contribution < 1.29 is 4.74 Å². The van der Waals surface area contributed by atoms with Gasteiger partial charge in [-0.1, -0.05) is 0 Å². The Kier molecular flexibility index (Phi) is 3.68. The lowest BCUT2D eigenvalue weighted by atomic mass is 9.99. The van der Waals surface area contributed by atoms with Crippen molar-refractivity contribution in [1.29, 1.82) is 5.26 Å². The van der Waals surface area contributed by atoms with Crippen LogP contribution in [0.4, 0.5) is 0 Å². The second kappa shape index (κ2) is 4.80. The zero-order valence-electron chi connectivity index (χ0n) is 12.0. The van der Waals surface area contributed by atoms with Crippen molar-refractivity contribution in [3.63, 3.8) is 0 Å². The summed E-state index contributed by atoms with van der Waals surface area (Å²) in [7, 11) is 0. The first-order valence-electron chi connectivity index (χ1n) is 6.91. The van der Waals surface area contributed by atoms with Crippen molar-refractivity contribution in [2.24, 2.45) is 0 Å². The van der Waals surface area contributed by atoms with Gasteiger partial charge in [-0.15, -0.1) is 0 Å². The average Bonchev–Trinajstić information content (AvgIpc) is 2.97. The van der Waals surface area contributed by atoms with E-state index in [9.17, 15) is 5.26 Å². The number of hydrogen-bond donors (Lipinski definition) is 1. The monoisotopic (exact) mass is 251 g/mol. The lowest BCUT2D eigenvalue weighted by Crippen LogP contribution is -2.58. The van der Waals surface area contributed by atoms with Crippen molar-refractivity contribution in [3.8, 4) is 6.07 Å². The summed E-state index contributed by atoms with van der Waals surface area (Å²) < 4.78 is 5.90. The molecule has 1 aliphatic heterocycles. The number of nitriles is 1. The molecule has 2 rings (SSSR count). The van der Waals surface area contributed by atoms with Crippen molar-refractivity contribution >= 4 is 0 Å². The number of nitrogens with one attached hydrogen (secondary N) is 1. The summed E-state index contributed by atoms with van der Waals surface area (Å²) in [6.07, 6.45) is 2.66. The topological polar surface area (TPSA) is 48.3 Å². The van der Waals surface area contributed by atoms with Crippen molar-refractivity contribution in [2.75, 3.05) is 19.6 Å². The Hall–Kier alpha value is -0.630. The Balaban J connectivity index is 1.96. The van der Waals surface area contributed by atoms with Crippen molar-refractivity contribution in [1.82, 2.24) is 10.2 Å². The fourth-order valence-electron chi connectivity index (χ4n) is 2.94. The van der Waals surface area contributed by atoms with E-state index in [0.29, 0.717) is 6.04 Å². The zero-order valence-corrected chi connectivity index (χ0v) is 12.0. The molecule has 0 aromatic rings. The molecule has 2 aliphatic rings. The number of hydrogen-bond acceptors (Lipinski definition) is 4. The van der Waals surface area contributed by atoms with E-state index in [2.05, 4.69) is 37.1 Å². The van der Waals surface area contributed by atoms with Gasteiger partial charge < -0.3 is 4.74 Å². The highest BCUT2D eigenvalue weighted by Gasteiger charge is 2.38. The molecule has 1 aliphatic carbocycles. The van der Waals surface area contributed by atoms with Crippen LogP contribution in [0.25, 0.3) is 0 Å². The maximum absolute atomic E-state index is 9.42. The minimum Gasteiger partial charge on any atom is -0.370 e. The molecular weight excluding hydrogens is 226 g/mol. The number of nitrogens with zero attached hydrogens (tertiary/aromatic N) is 2. The first-order chi connectivity index (χ1) is 8.32. The third-order valence-corrected chi connectivity index (χ3v) is 3.53. The lowest BCUT2D eigenvalue weighted by molar-refractivity contribution is -0.131. The molecule has 0 radical (unpaired) electrons. The number of morpholine rings is 1. The van der Waals surface area contributed by atoms with E-state index in [1.165, 1.54) is 12.8 Å². The van der Waals surface area contributed by atoms with Crippen LogP contribution in [-0.4, -0.2) is 47.8 Å². The van der Waals surface area contributed by atoms with Crippen LogP contribution < -0.4 is 5.32 Å². The van der Waals surface area contributed by atoms with Gasteiger partial charge in [-0.25, -0.2) is 0 Å². The number of rotatable bonds is 4. The predicted molar refractivity (Wildman–Crippen MR) is 71.2 cm³/mol. The Morgan fingerprint density at radius 2 is 2.17 bits per heavy atom. The lowest BCUT2D eigenvalue weighted by Gasteiger charge is -2.43. The molecule has 0 bridgehead atoms. The smallest absolute Gasteiger partial charge is 0.116 e. The molecule has 4 nitrogen and oxygen atoms in total. The largest absolute Gasteiger partial charge is 0.370 e. The van der Waals surface area contributed by atoms with Crippen LogP contribution in [0, 0.1) is 11.3 Å². The molecule has 1 heterocycles. The zero-order chi connectivity index (χ0) is 13.4. The molecule has 0 aromatic heterocycles. The third-order valence-electron chi connectivity index (χ3n) is 3.53. The quantitative estimate of drug-likeness (QED) is 0.823. The van der Waals surface area contributed by atoms with E-state index in [1.54, 1.807) is 0 Å². The van der Waals surface area contributed by atoms with Crippen molar-refractivity contribution in [2.45, 2.75) is 63.8 Å². The van der Waals surface area contributed by atoms with E-state index >= 15 is 0 Å². The molecule has 102 valence electrons. The summed E-state index contributed by atoms with van der Waals surface area (Å²) in [5, 5.41) is 12.9. The molecule has 0 amide bonds. The van der Waals surface area contributed by atoms with Crippen LogP contribution in [0.5, 0.6) is 0 Å². The normalized spacial score (nSPS) is 31.6. The average molecular weight is 251 g/mol. The highest BCUT2D eigenvalue weighted by atomic mass is 16.5. The fraction of sp³-hybridized carbons (Fsp3) is 0.929. The van der Waals surface area contributed by atoms with Crippen LogP contribution in [0.15, 0.2) is 0 Å². The first kappa shape index (κ1) is 13.8. The van der Waals surface area contributed by atoms with E-state index in [-0.39, 0.29) is 11.7 Å². The molecule has 4 heteroatoms. The highest BCUT2D eigenvalue weighted by molar-refractivity contribution is 5.09. The fourth-order valence-corrected chi connectivity index (χ4v) is 2.94. The minimum atomic E-state index is -0.436. The van der Waals surface area contributed by atoms with E-state index in [4.69, 9.17) is 4.74 Å². The Morgan fingerprint density at radius 1 is 1.50 bits per heavy atom. The Bertz CT molecular complexity index is 345. The molecule has 2 fully saturated rings. The molecule has 2 unspecified atom stereocenters. The molecular formula is C14H25N3O. The van der Waals surface area contributed by atoms with E-state index in [0.717, 1.165) is 19.6 Å². The Morgan fingerprint density at radius 3 is 2.67 bits per heavy atom. The second-order valence-electron chi connectivity index (χ2n) is 6.72. The molecule has 2 atom stereocenters. The molecule has 0 spiro atoms. The van der Waals surface area contributed by atoms with E-state index < -0.39 is 5.54 Å². The van der Waals surface area contributed by atoms with Gasteiger partial charge in [-0.3, -0.25) is 10.2 Å². The second-order valence-corrected chi connectivity index (χ2v) is 6.72. The summed E-state index contributed by atoms with van der Waals surface area (Å²) in [5.41, 5.74) is -0.554. The maximum Gasteiger partial charge on any atom is 0.116 e. The van der Waals surface area contributed by atoms with Gasteiger partial charge in [0.25, 0.3) is 0 Å². The molecule has 1 N–H and O–H groups in total. The molecule has 1 saturated heterocycles. The van der Waals surface area contributed by atoms with Crippen LogP contribution >= 0.6 is 0 Å².